The molecule has 4 atom stereocenters. The van der Waals surface area contributed by atoms with Crippen LogP contribution in [0.3, 0.4) is 0 Å². The minimum atomic E-state index is -1.54. The van der Waals surface area contributed by atoms with Crippen LogP contribution in [0.25, 0.3) is 0 Å². The SMILES string of the molecule is C=C1NC(=O)NC=C1[C@@H]1OC(CCP(=C)(C)C)[C@@H](O)[C@H]1F. The first-order chi connectivity index (χ1) is 9.69. The van der Waals surface area contributed by atoms with Crippen LogP contribution in [-0.2, 0) is 4.74 Å². The summed E-state index contributed by atoms with van der Waals surface area (Å²) in [7, 11) is 0. The van der Waals surface area contributed by atoms with Gasteiger partial charge >= 0.3 is 6.03 Å². The molecule has 2 heterocycles. The number of halogens is 1. The standard InChI is InChI=1S/C14H22FN2O3P/c1-8-9(7-16-14(19)17-8)13-11(15)12(18)10(20-13)5-6-21(2,3)4/h7,10-13,18H,1-2,5-6H2,3-4H3,(H2,16,17,19)/t10?,11-,12-,13+/m1/s1. The Morgan fingerprint density at radius 1 is 1.52 bits per heavy atom. The lowest BCUT2D eigenvalue weighted by atomic mass is 10.00. The van der Waals surface area contributed by atoms with Gasteiger partial charge in [-0.2, -0.15) is 0 Å². The summed E-state index contributed by atoms with van der Waals surface area (Å²) in [4.78, 5) is 11.1. The summed E-state index contributed by atoms with van der Waals surface area (Å²) in [5.41, 5.74) is 0.719. The number of urea groups is 1. The van der Waals surface area contributed by atoms with E-state index in [9.17, 15) is 14.3 Å². The first-order valence-electron chi connectivity index (χ1n) is 6.81. The van der Waals surface area contributed by atoms with Crippen LogP contribution < -0.4 is 10.6 Å². The van der Waals surface area contributed by atoms with Crippen LogP contribution in [0.15, 0.2) is 24.0 Å². The number of rotatable bonds is 4. The molecule has 1 unspecified atom stereocenters. The largest absolute Gasteiger partial charge is 0.387 e. The van der Waals surface area contributed by atoms with Gasteiger partial charge in [-0.3, -0.25) is 0 Å². The number of nitrogens with one attached hydrogen (secondary N) is 2. The molecule has 2 aliphatic rings. The third-order valence-electron chi connectivity index (χ3n) is 3.61. The van der Waals surface area contributed by atoms with Crippen LogP contribution in [0.1, 0.15) is 6.42 Å². The van der Waals surface area contributed by atoms with E-state index in [4.69, 9.17) is 4.74 Å². The van der Waals surface area contributed by atoms with Crippen LogP contribution in [0.4, 0.5) is 9.18 Å². The van der Waals surface area contributed by atoms with Crippen LogP contribution >= 0.6 is 6.89 Å². The van der Waals surface area contributed by atoms with E-state index >= 15 is 0 Å². The van der Waals surface area contributed by atoms with Gasteiger partial charge in [-0.1, -0.05) is 6.58 Å². The quantitative estimate of drug-likeness (QED) is 0.684. The second kappa shape index (κ2) is 5.95. The molecule has 2 amide bonds. The highest BCUT2D eigenvalue weighted by Gasteiger charge is 2.46. The van der Waals surface area contributed by atoms with Gasteiger partial charge in [0.25, 0.3) is 0 Å². The van der Waals surface area contributed by atoms with E-state index in [1.165, 1.54) is 6.20 Å². The monoisotopic (exact) mass is 316 g/mol. The lowest BCUT2D eigenvalue weighted by Crippen LogP contribution is -2.41. The maximum absolute atomic E-state index is 14.3. The fourth-order valence-corrected chi connectivity index (χ4v) is 3.37. The summed E-state index contributed by atoms with van der Waals surface area (Å²) in [5, 5.41) is 14.9. The molecule has 1 fully saturated rings. The molecule has 2 aliphatic heterocycles. The van der Waals surface area contributed by atoms with Gasteiger partial charge in [0.05, 0.1) is 6.10 Å². The number of aliphatic hydroxyl groups excluding tert-OH is 1. The van der Waals surface area contributed by atoms with Gasteiger partial charge in [-0.25, -0.2) is 9.18 Å². The van der Waals surface area contributed by atoms with Crippen molar-refractivity contribution < 1.29 is 19.0 Å². The van der Waals surface area contributed by atoms with Crippen molar-refractivity contribution in [3.63, 3.8) is 0 Å². The van der Waals surface area contributed by atoms with Crippen LogP contribution in [0.2, 0.25) is 0 Å². The highest BCUT2D eigenvalue weighted by molar-refractivity contribution is 7.72. The number of hydrogen-bond acceptors (Lipinski definition) is 3. The molecule has 0 aromatic heterocycles. The van der Waals surface area contributed by atoms with Crippen LogP contribution in [0.5, 0.6) is 0 Å². The summed E-state index contributed by atoms with van der Waals surface area (Å²) in [6.07, 6.45) is 2.69. The molecule has 21 heavy (non-hydrogen) atoms. The zero-order valence-electron chi connectivity index (χ0n) is 12.3. The summed E-state index contributed by atoms with van der Waals surface area (Å²) in [5.74, 6) is 0. The molecule has 2 rings (SSSR count). The average molecular weight is 316 g/mol. The van der Waals surface area contributed by atoms with Crippen molar-refractivity contribution >= 4 is 19.2 Å². The van der Waals surface area contributed by atoms with Crippen molar-refractivity contribution in [2.24, 2.45) is 0 Å². The fraction of sp³-hybridized carbons (Fsp3) is 0.571. The highest BCUT2D eigenvalue weighted by Crippen LogP contribution is 2.39. The number of amides is 2. The van der Waals surface area contributed by atoms with E-state index in [1.54, 1.807) is 0 Å². The van der Waals surface area contributed by atoms with Crippen molar-refractivity contribution in [1.82, 2.24) is 10.6 Å². The Hall–Kier alpha value is -1.10. The summed E-state index contributed by atoms with van der Waals surface area (Å²) < 4.78 is 20.0. The molecule has 0 spiro atoms. The number of alkyl halides is 1. The van der Waals surface area contributed by atoms with Gasteiger partial charge < -0.3 is 20.5 Å². The van der Waals surface area contributed by atoms with Gasteiger partial charge in [0, 0.05) is 17.5 Å². The Morgan fingerprint density at radius 3 is 2.76 bits per heavy atom. The van der Waals surface area contributed by atoms with Crippen molar-refractivity contribution in [1.29, 1.82) is 0 Å². The maximum Gasteiger partial charge on any atom is 0.323 e. The van der Waals surface area contributed by atoms with E-state index < -0.39 is 37.4 Å². The predicted octanol–water partition coefficient (Wildman–Crippen LogP) is 1.26. The Bertz CT molecular complexity index is 528. The predicted molar refractivity (Wildman–Crippen MR) is 83.8 cm³/mol. The molecular formula is C14H22FN2O3P. The molecule has 5 nitrogen and oxygen atoms in total. The summed E-state index contributed by atoms with van der Waals surface area (Å²) in [6, 6.07) is -0.419. The van der Waals surface area contributed by atoms with E-state index in [0.29, 0.717) is 17.7 Å². The molecule has 0 bridgehead atoms. The first-order valence-corrected chi connectivity index (χ1v) is 9.86. The van der Waals surface area contributed by atoms with Crippen molar-refractivity contribution in [3.05, 3.63) is 24.0 Å². The van der Waals surface area contributed by atoms with E-state index in [0.717, 1.165) is 6.16 Å². The minimum absolute atomic E-state index is 0.296. The molecule has 7 heteroatoms. The normalized spacial score (nSPS) is 33.4. The lowest BCUT2D eigenvalue weighted by Gasteiger charge is -2.23. The summed E-state index contributed by atoms with van der Waals surface area (Å²) >= 11 is 0. The second-order valence-corrected chi connectivity index (χ2v) is 10.5. The number of carbonyl (C=O) groups excluding carboxylic acids is 1. The fourth-order valence-electron chi connectivity index (χ4n) is 2.42. The zero-order chi connectivity index (χ0) is 15.8. The topological polar surface area (TPSA) is 70.6 Å². The van der Waals surface area contributed by atoms with Crippen molar-refractivity contribution in [3.8, 4) is 0 Å². The van der Waals surface area contributed by atoms with Gasteiger partial charge in [0.15, 0.2) is 6.17 Å². The second-order valence-electron chi connectivity index (χ2n) is 6.15. The van der Waals surface area contributed by atoms with E-state index in [1.807, 2.05) is 0 Å². The summed E-state index contributed by atoms with van der Waals surface area (Å²) in [6.45, 7) is 6.61. The molecule has 0 radical (unpaired) electrons. The molecular weight excluding hydrogens is 294 g/mol. The molecule has 0 saturated carbocycles. The van der Waals surface area contributed by atoms with Crippen LogP contribution in [-0.4, -0.2) is 61.4 Å². The third kappa shape index (κ3) is 3.76. The van der Waals surface area contributed by atoms with Crippen molar-refractivity contribution in [2.75, 3.05) is 19.5 Å². The maximum atomic E-state index is 14.3. The lowest BCUT2D eigenvalue weighted by molar-refractivity contribution is 0.0199. The Labute approximate surface area is 124 Å². The van der Waals surface area contributed by atoms with Gasteiger partial charge in [-0.15, -0.1) is 13.2 Å². The number of aliphatic hydroxyl groups is 1. The molecule has 0 aromatic carbocycles. The smallest absolute Gasteiger partial charge is 0.323 e. The highest BCUT2D eigenvalue weighted by atomic mass is 31.2. The third-order valence-corrected chi connectivity index (χ3v) is 5.08. The van der Waals surface area contributed by atoms with Gasteiger partial charge in [0.2, 0.25) is 0 Å². The zero-order valence-corrected chi connectivity index (χ0v) is 13.2. The first kappa shape index (κ1) is 16.3. The van der Waals surface area contributed by atoms with Gasteiger partial charge in [-0.05, 0) is 25.9 Å². The average Bonchev–Trinajstić information content (AvgIpc) is 2.64. The Kier molecular flexibility index (Phi) is 4.61. The molecule has 118 valence electrons. The van der Waals surface area contributed by atoms with E-state index in [-0.39, 0.29) is 0 Å². The van der Waals surface area contributed by atoms with Gasteiger partial charge in [0.1, 0.15) is 12.2 Å². The van der Waals surface area contributed by atoms with E-state index in [2.05, 4.69) is 36.8 Å². The molecule has 3 N–H and O–H groups in total. The molecule has 0 aliphatic carbocycles. The number of hydrogen-bond donors (Lipinski definition) is 3. The molecule has 0 aromatic rings. The van der Waals surface area contributed by atoms with Crippen LogP contribution in [0, 0.1) is 0 Å². The van der Waals surface area contributed by atoms with Crippen molar-refractivity contribution in [2.45, 2.75) is 30.9 Å². The molecule has 1 saturated heterocycles. The Balaban J connectivity index is 2.08. The Morgan fingerprint density at radius 2 is 2.19 bits per heavy atom. The number of ether oxygens (including phenoxy) is 1. The minimum Gasteiger partial charge on any atom is -0.387 e. The number of carbonyl (C=O) groups is 1.